The van der Waals surface area contributed by atoms with E-state index in [1.165, 1.54) is 24.2 Å². The number of aromatic carboxylic acids is 1. The van der Waals surface area contributed by atoms with Crippen molar-refractivity contribution in [2.24, 2.45) is 0 Å². The van der Waals surface area contributed by atoms with E-state index in [1.807, 2.05) is 5.38 Å². The van der Waals surface area contributed by atoms with Crippen molar-refractivity contribution < 1.29 is 14.3 Å². The van der Waals surface area contributed by atoms with Crippen LogP contribution in [0.4, 0.5) is 6.01 Å². The van der Waals surface area contributed by atoms with Crippen LogP contribution in [0.1, 0.15) is 23.2 Å². The van der Waals surface area contributed by atoms with E-state index >= 15 is 0 Å². The van der Waals surface area contributed by atoms with Crippen LogP contribution in [0.5, 0.6) is 0 Å². The van der Waals surface area contributed by atoms with Gasteiger partial charge in [0.05, 0.1) is 11.1 Å². The summed E-state index contributed by atoms with van der Waals surface area (Å²) in [6.07, 6.45) is 4.05. The number of oxazole rings is 1. The summed E-state index contributed by atoms with van der Waals surface area (Å²) in [6, 6.07) is 4.69. The van der Waals surface area contributed by atoms with Gasteiger partial charge in [0.25, 0.3) is 6.01 Å². The molecule has 2 N–H and O–H groups in total. The molecule has 0 aliphatic carbocycles. The van der Waals surface area contributed by atoms with Crippen LogP contribution in [0.25, 0.3) is 21.7 Å². The van der Waals surface area contributed by atoms with Gasteiger partial charge in [-0.05, 0) is 25.0 Å². The Morgan fingerprint density at radius 1 is 1.32 bits per heavy atom. The van der Waals surface area contributed by atoms with Gasteiger partial charge in [-0.3, -0.25) is 0 Å². The summed E-state index contributed by atoms with van der Waals surface area (Å²) in [4.78, 5) is 22.5. The average Bonchev–Trinajstić information content (AvgIpc) is 3.33. The Bertz CT molecular complexity index is 940. The van der Waals surface area contributed by atoms with Crippen molar-refractivity contribution in [1.29, 1.82) is 0 Å². The Balaban J connectivity index is 1.63. The highest BCUT2D eigenvalue weighted by atomic mass is 32.1. The summed E-state index contributed by atoms with van der Waals surface area (Å²) in [5, 5.41) is 15.6. The standard InChI is InChI=1S/C17H16N4O3S/c22-16(23)9-5-12(15-18-3-4-25-15)14-13(6-9)20-17(24-14)21-7-10-1-2-11(8-21)19-10/h3-6,10-11,19H,1-2,7-8H2,(H,22,23). The molecule has 0 radical (unpaired) electrons. The lowest BCUT2D eigenvalue weighted by atomic mass is 10.1. The molecule has 2 aliphatic rings. The van der Waals surface area contributed by atoms with Gasteiger partial charge in [-0.25, -0.2) is 9.78 Å². The predicted molar refractivity (Wildman–Crippen MR) is 94.2 cm³/mol. The SMILES string of the molecule is O=C(O)c1cc(-c2nccs2)c2oc(N3CC4CCC(C3)N4)nc2c1. The third-order valence-electron chi connectivity index (χ3n) is 4.88. The Hall–Kier alpha value is -2.45. The van der Waals surface area contributed by atoms with E-state index < -0.39 is 5.97 Å². The van der Waals surface area contributed by atoms with Crippen LogP contribution < -0.4 is 10.2 Å². The van der Waals surface area contributed by atoms with Gasteiger partial charge >= 0.3 is 5.97 Å². The first-order chi connectivity index (χ1) is 12.2. The predicted octanol–water partition coefficient (Wildman–Crippen LogP) is 2.59. The fourth-order valence-corrected chi connectivity index (χ4v) is 4.40. The summed E-state index contributed by atoms with van der Waals surface area (Å²) in [5.74, 6) is -0.982. The fourth-order valence-electron chi connectivity index (χ4n) is 3.75. The Labute approximate surface area is 147 Å². The molecule has 4 heterocycles. The van der Waals surface area contributed by atoms with Crippen molar-refractivity contribution in [1.82, 2.24) is 15.3 Å². The number of carbonyl (C=O) groups is 1. The highest BCUT2D eigenvalue weighted by Gasteiger charge is 2.34. The number of nitrogens with zero attached hydrogens (tertiary/aromatic N) is 3. The van der Waals surface area contributed by atoms with Crippen LogP contribution in [0, 0.1) is 0 Å². The van der Waals surface area contributed by atoms with Gasteiger partial charge < -0.3 is 19.7 Å². The molecule has 128 valence electrons. The maximum absolute atomic E-state index is 11.5. The van der Waals surface area contributed by atoms with Crippen LogP contribution >= 0.6 is 11.3 Å². The van der Waals surface area contributed by atoms with Crippen molar-refractivity contribution in [3.8, 4) is 10.6 Å². The number of hydrogen-bond donors (Lipinski definition) is 2. The van der Waals surface area contributed by atoms with Crippen molar-refractivity contribution in [3.05, 3.63) is 29.3 Å². The second-order valence-corrected chi connectivity index (χ2v) is 7.45. The highest BCUT2D eigenvalue weighted by Crippen LogP contribution is 2.35. The molecule has 2 saturated heterocycles. The molecule has 5 rings (SSSR count). The molecule has 0 amide bonds. The van der Waals surface area contributed by atoms with Gasteiger partial charge in [-0.1, -0.05) is 0 Å². The third kappa shape index (κ3) is 2.49. The molecule has 2 fully saturated rings. The number of hydrogen-bond acceptors (Lipinski definition) is 7. The molecule has 2 unspecified atom stereocenters. The number of benzene rings is 1. The van der Waals surface area contributed by atoms with Gasteiger partial charge in [0.1, 0.15) is 10.5 Å². The lowest BCUT2D eigenvalue weighted by Crippen LogP contribution is -2.51. The molecule has 0 spiro atoms. The average molecular weight is 356 g/mol. The number of fused-ring (bicyclic) bond motifs is 3. The van der Waals surface area contributed by atoms with E-state index in [2.05, 4.69) is 20.2 Å². The first-order valence-electron chi connectivity index (χ1n) is 8.26. The lowest BCUT2D eigenvalue weighted by Gasteiger charge is -2.31. The molecule has 1 aromatic carbocycles. The molecule has 8 heteroatoms. The molecule has 2 aromatic heterocycles. The van der Waals surface area contributed by atoms with E-state index in [4.69, 9.17) is 4.42 Å². The lowest BCUT2D eigenvalue weighted by molar-refractivity contribution is 0.0697. The van der Waals surface area contributed by atoms with Crippen molar-refractivity contribution in [2.45, 2.75) is 24.9 Å². The summed E-state index contributed by atoms with van der Waals surface area (Å²) in [7, 11) is 0. The number of thiazole rings is 1. The second kappa shape index (κ2) is 5.53. The topological polar surface area (TPSA) is 91.5 Å². The first kappa shape index (κ1) is 14.9. The van der Waals surface area contributed by atoms with Crippen LogP contribution in [0.3, 0.4) is 0 Å². The third-order valence-corrected chi connectivity index (χ3v) is 5.68. The van der Waals surface area contributed by atoms with Crippen molar-refractivity contribution in [3.63, 3.8) is 0 Å². The minimum Gasteiger partial charge on any atom is -0.478 e. The zero-order valence-corrected chi connectivity index (χ0v) is 14.1. The van der Waals surface area contributed by atoms with E-state index in [9.17, 15) is 9.90 Å². The summed E-state index contributed by atoms with van der Waals surface area (Å²) in [5.41, 5.74) is 2.03. The second-order valence-electron chi connectivity index (χ2n) is 6.55. The summed E-state index contributed by atoms with van der Waals surface area (Å²) < 4.78 is 6.08. The Morgan fingerprint density at radius 2 is 2.12 bits per heavy atom. The van der Waals surface area contributed by atoms with Gasteiger partial charge in [0, 0.05) is 36.8 Å². The largest absolute Gasteiger partial charge is 0.478 e. The van der Waals surface area contributed by atoms with E-state index in [0.29, 0.717) is 34.8 Å². The number of rotatable bonds is 3. The molecule has 2 atom stereocenters. The number of aromatic nitrogens is 2. The van der Waals surface area contributed by atoms with E-state index in [1.54, 1.807) is 18.3 Å². The van der Waals surface area contributed by atoms with Gasteiger partial charge in [-0.2, -0.15) is 4.98 Å². The number of carboxylic acid groups (broad SMARTS) is 1. The maximum atomic E-state index is 11.5. The van der Waals surface area contributed by atoms with Crippen LogP contribution in [-0.2, 0) is 0 Å². The molecule has 25 heavy (non-hydrogen) atoms. The number of piperazine rings is 1. The van der Waals surface area contributed by atoms with Crippen LogP contribution in [-0.4, -0.2) is 46.2 Å². The zero-order chi connectivity index (χ0) is 17.0. The quantitative estimate of drug-likeness (QED) is 0.745. The number of nitrogens with one attached hydrogen (secondary N) is 1. The molecule has 3 aromatic rings. The maximum Gasteiger partial charge on any atom is 0.335 e. The Morgan fingerprint density at radius 3 is 2.80 bits per heavy atom. The van der Waals surface area contributed by atoms with Crippen LogP contribution in [0.15, 0.2) is 28.1 Å². The van der Waals surface area contributed by atoms with Crippen LogP contribution in [0.2, 0.25) is 0 Å². The van der Waals surface area contributed by atoms with Gasteiger partial charge in [0.15, 0.2) is 5.58 Å². The molecule has 2 aliphatic heterocycles. The highest BCUT2D eigenvalue weighted by molar-refractivity contribution is 7.13. The molecular weight excluding hydrogens is 340 g/mol. The Kier molecular flexibility index (Phi) is 3.29. The number of anilines is 1. The molecule has 2 bridgehead atoms. The molecular formula is C17H16N4O3S. The first-order valence-corrected chi connectivity index (χ1v) is 9.14. The van der Waals surface area contributed by atoms with Crippen molar-refractivity contribution in [2.75, 3.05) is 18.0 Å². The minimum atomic E-state index is -0.982. The molecule has 0 saturated carbocycles. The monoisotopic (exact) mass is 356 g/mol. The minimum absolute atomic E-state index is 0.193. The van der Waals surface area contributed by atoms with Gasteiger partial charge in [0.2, 0.25) is 0 Å². The summed E-state index contributed by atoms with van der Waals surface area (Å²) >= 11 is 1.45. The smallest absolute Gasteiger partial charge is 0.335 e. The summed E-state index contributed by atoms with van der Waals surface area (Å²) in [6.45, 7) is 1.73. The van der Waals surface area contributed by atoms with Gasteiger partial charge in [-0.15, -0.1) is 11.3 Å². The van der Waals surface area contributed by atoms with E-state index in [0.717, 1.165) is 18.1 Å². The van der Waals surface area contributed by atoms with E-state index in [-0.39, 0.29) is 5.56 Å². The fraction of sp³-hybridized carbons (Fsp3) is 0.353. The zero-order valence-electron chi connectivity index (χ0n) is 13.3. The normalized spacial score (nSPS) is 22.6. The number of carboxylic acids is 1. The van der Waals surface area contributed by atoms with Crippen molar-refractivity contribution >= 4 is 34.4 Å². The molecule has 7 nitrogen and oxygen atoms in total.